The summed E-state index contributed by atoms with van der Waals surface area (Å²) in [4.78, 5) is 31.9. The van der Waals surface area contributed by atoms with Crippen molar-refractivity contribution in [2.24, 2.45) is 0 Å². The van der Waals surface area contributed by atoms with Gasteiger partial charge in [0.25, 0.3) is 5.91 Å². The SMILES string of the molecule is COC(=O)c1cnc(Nc2snc(C)c2C(=O)Nc2ccc(F)c(F)c2)cn1. The van der Waals surface area contributed by atoms with E-state index in [0.717, 1.165) is 23.7 Å². The third kappa shape index (κ3) is 4.09. The number of amides is 1. The zero-order chi connectivity index (χ0) is 20.3. The molecule has 0 radical (unpaired) electrons. The lowest BCUT2D eigenvalue weighted by atomic mass is 10.2. The molecule has 0 aliphatic carbocycles. The molecule has 1 aromatic carbocycles. The third-order valence-electron chi connectivity index (χ3n) is 3.56. The fourth-order valence-corrected chi connectivity index (χ4v) is 3.01. The number of aryl methyl sites for hydroxylation is 1. The van der Waals surface area contributed by atoms with E-state index in [1.165, 1.54) is 25.6 Å². The van der Waals surface area contributed by atoms with E-state index in [4.69, 9.17) is 0 Å². The van der Waals surface area contributed by atoms with Crippen LogP contribution >= 0.6 is 11.5 Å². The minimum atomic E-state index is -1.07. The molecule has 0 spiro atoms. The fourth-order valence-electron chi connectivity index (χ4n) is 2.21. The number of nitrogens with zero attached hydrogens (tertiary/aromatic N) is 3. The van der Waals surface area contributed by atoms with Crippen molar-refractivity contribution in [1.29, 1.82) is 0 Å². The van der Waals surface area contributed by atoms with Gasteiger partial charge in [-0.1, -0.05) is 0 Å². The summed E-state index contributed by atoms with van der Waals surface area (Å²) < 4.78 is 35.0. The second kappa shape index (κ2) is 8.05. The predicted molar refractivity (Wildman–Crippen MR) is 97.8 cm³/mol. The number of halogens is 2. The van der Waals surface area contributed by atoms with Gasteiger partial charge in [0.05, 0.1) is 30.8 Å². The van der Waals surface area contributed by atoms with Gasteiger partial charge in [0.1, 0.15) is 10.8 Å². The number of carbonyl (C=O) groups is 2. The summed E-state index contributed by atoms with van der Waals surface area (Å²) in [5.74, 6) is -2.99. The first kappa shape index (κ1) is 19.3. The summed E-state index contributed by atoms with van der Waals surface area (Å²) in [5, 5.41) is 5.77. The molecule has 0 aliphatic heterocycles. The van der Waals surface area contributed by atoms with Crippen LogP contribution in [0, 0.1) is 18.6 Å². The minimum absolute atomic E-state index is 0.0323. The Bertz CT molecular complexity index is 1040. The van der Waals surface area contributed by atoms with Gasteiger partial charge in [-0.2, -0.15) is 4.37 Å². The third-order valence-corrected chi connectivity index (χ3v) is 4.41. The van der Waals surface area contributed by atoms with E-state index in [1.54, 1.807) is 6.92 Å². The van der Waals surface area contributed by atoms with Crippen molar-refractivity contribution in [3.05, 3.63) is 59.2 Å². The van der Waals surface area contributed by atoms with Gasteiger partial charge in [-0.25, -0.2) is 23.5 Å². The zero-order valence-corrected chi connectivity index (χ0v) is 15.4. The molecule has 3 aromatic rings. The van der Waals surface area contributed by atoms with Gasteiger partial charge < -0.3 is 15.4 Å². The summed E-state index contributed by atoms with van der Waals surface area (Å²) in [6.45, 7) is 1.63. The molecule has 144 valence electrons. The largest absolute Gasteiger partial charge is 0.464 e. The second-order valence-electron chi connectivity index (χ2n) is 5.46. The number of benzene rings is 1. The van der Waals surface area contributed by atoms with E-state index >= 15 is 0 Å². The molecule has 0 bridgehead atoms. The zero-order valence-electron chi connectivity index (χ0n) is 14.6. The molecule has 2 heterocycles. The predicted octanol–water partition coefficient (Wildman–Crippen LogP) is 3.30. The number of carbonyl (C=O) groups excluding carboxylic acids is 2. The highest BCUT2D eigenvalue weighted by atomic mass is 32.1. The summed E-state index contributed by atoms with van der Waals surface area (Å²) in [7, 11) is 1.23. The van der Waals surface area contributed by atoms with Crippen molar-refractivity contribution in [2.75, 3.05) is 17.7 Å². The quantitative estimate of drug-likeness (QED) is 0.627. The highest BCUT2D eigenvalue weighted by Crippen LogP contribution is 2.28. The fraction of sp³-hybridized carbons (Fsp3) is 0.118. The van der Waals surface area contributed by atoms with E-state index < -0.39 is 23.5 Å². The molecule has 0 aliphatic rings. The maximum Gasteiger partial charge on any atom is 0.358 e. The van der Waals surface area contributed by atoms with Crippen LogP contribution in [-0.4, -0.2) is 33.3 Å². The number of ether oxygens (including phenoxy) is 1. The Morgan fingerprint density at radius 1 is 1.14 bits per heavy atom. The van der Waals surface area contributed by atoms with Gasteiger partial charge in [-0.05, 0) is 30.6 Å². The average Bonchev–Trinajstić information content (AvgIpc) is 3.05. The number of rotatable bonds is 5. The van der Waals surface area contributed by atoms with Gasteiger partial charge in [0.15, 0.2) is 17.3 Å². The van der Waals surface area contributed by atoms with Crippen LogP contribution in [0.5, 0.6) is 0 Å². The summed E-state index contributed by atoms with van der Waals surface area (Å²) in [6, 6.07) is 3.04. The molecule has 0 unspecified atom stereocenters. The maximum atomic E-state index is 13.3. The van der Waals surface area contributed by atoms with E-state index in [1.807, 2.05) is 0 Å². The Morgan fingerprint density at radius 2 is 1.93 bits per heavy atom. The van der Waals surface area contributed by atoms with E-state index in [-0.39, 0.29) is 22.8 Å². The molecule has 0 fully saturated rings. The molecule has 2 aromatic heterocycles. The normalized spacial score (nSPS) is 10.4. The first-order chi connectivity index (χ1) is 13.4. The summed E-state index contributed by atoms with van der Waals surface area (Å²) in [5.41, 5.74) is 0.785. The summed E-state index contributed by atoms with van der Waals surface area (Å²) in [6.07, 6.45) is 2.53. The van der Waals surface area contributed by atoms with Gasteiger partial charge in [0.2, 0.25) is 0 Å². The number of anilines is 3. The van der Waals surface area contributed by atoms with E-state index in [0.29, 0.717) is 10.7 Å². The number of methoxy groups -OCH3 is 1. The van der Waals surface area contributed by atoms with Crippen LogP contribution in [0.1, 0.15) is 26.5 Å². The lowest BCUT2D eigenvalue weighted by Crippen LogP contribution is -2.14. The van der Waals surface area contributed by atoms with Crippen molar-refractivity contribution in [3.63, 3.8) is 0 Å². The Labute approximate surface area is 161 Å². The van der Waals surface area contributed by atoms with E-state index in [9.17, 15) is 18.4 Å². The Balaban J connectivity index is 1.80. The first-order valence-electron chi connectivity index (χ1n) is 7.79. The number of esters is 1. The molecule has 11 heteroatoms. The molecular weight excluding hydrogens is 392 g/mol. The number of hydrogen-bond donors (Lipinski definition) is 2. The molecular formula is C17H13F2N5O3S. The van der Waals surface area contributed by atoms with Crippen LogP contribution in [0.4, 0.5) is 25.3 Å². The molecule has 28 heavy (non-hydrogen) atoms. The van der Waals surface area contributed by atoms with E-state index in [2.05, 4.69) is 29.7 Å². The van der Waals surface area contributed by atoms with Crippen LogP contribution in [0.2, 0.25) is 0 Å². The number of aromatic nitrogens is 3. The van der Waals surface area contributed by atoms with Gasteiger partial charge in [-0.15, -0.1) is 0 Å². The molecule has 0 atom stereocenters. The smallest absolute Gasteiger partial charge is 0.358 e. The molecule has 0 saturated carbocycles. The minimum Gasteiger partial charge on any atom is -0.464 e. The molecule has 0 saturated heterocycles. The Hall–Kier alpha value is -3.47. The monoisotopic (exact) mass is 405 g/mol. The number of nitrogens with one attached hydrogen (secondary N) is 2. The summed E-state index contributed by atoms with van der Waals surface area (Å²) >= 11 is 1.02. The van der Waals surface area contributed by atoms with Gasteiger partial charge in [-0.3, -0.25) is 4.79 Å². The average molecular weight is 405 g/mol. The standard InChI is InChI=1S/C17H13F2N5O3S/c1-8-14(15(25)22-9-3-4-10(18)11(19)5-9)16(28-24-8)23-13-7-20-12(6-21-13)17(26)27-2/h3-7H,1-2H3,(H,21,23)(H,22,25). The Kier molecular flexibility index (Phi) is 5.54. The van der Waals surface area contributed by atoms with Crippen molar-refractivity contribution in [2.45, 2.75) is 6.92 Å². The maximum absolute atomic E-state index is 13.3. The lowest BCUT2D eigenvalue weighted by molar-refractivity contribution is 0.0593. The highest BCUT2D eigenvalue weighted by Gasteiger charge is 2.20. The van der Waals surface area contributed by atoms with Crippen molar-refractivity contribution in [3.8, 4) is 0 Å². The van der Waals surface area contributed by atoms with Crippen LogP contribution in [-0.2, 0) is 4.74 Å². The second-order valence-corrected chi connectivity index (χ2v) is 6.23. The topological polar surface area (TPSA) is 106 Å². The molecule has 1 amide bonds. The molecule has 8 nitrogen and oxygen atoms in total. The molecule has 2 N–H and O–H groups in total. The molecule has 3 rings (SSSR count). The van der Waals surface area contributed by atoms with Crippen molar-refractivity contribution in [1.82, 2.24) is 14.3 Å². The lowest BCUT2D eigenvalue weighted by Gasteiger charge is -2.08. The van der Waals surface area contributed by atoms with Crippen LogP contribution < -0.4 is 10.6 Å². The van der Waals surface area contributed by atoms with Gasteiger partial charge in [0, 0.05) is 11.8 Å². The Morgan fingerprint density at radius 3 is 2.57 bits per heavy atom. The van der Waals surface area contributed by atoms with Crippen LogP contribution in [0.15, 0.2) is 30.6 Å². The first-order valence-corrected chi connectivity index (χ1v) is 8.56. The number of hydrogen-bond acceptors (Lipinski definition) is 8. The van der Waals surface area contributed by atoms with Crippen molar-refractivity contribution < 1.29 is 23.1 Å². The van der Waals surface area contributed by atoms with Gasteiger partial charge >= 0.3 is 5.97 Å². The van der Waals surface area contributed by atoms with Crippen LogP contribution in [0.3, 0.4) is 0 Å². The van der Waals surface area contributed by atoms with Crippen molar-refractivity contribution >= 4 is 39.9 Å². The highest BCUT2D eigenvalue weighted by molar-refractivity contribution is 7.10. The van der Waals surface area contributed by atoms with Crippen LogP contribution in [0.25, 0.3) is 0 Å².